The highest BCUT2D eigenvalue weighted by molar-refractivity contribution is 6.18. The summed E-state index contributed by atoms with van der Waals surface area (Å²) < 4.78 is 0. The molecule has 0 heterocycles. The SMILES string of the molecule is CC.CC1(C)c2ccccc2-c2cccc(N(c3ccc(-c4ccccc4)cc3)c3ccc(-c4ccc5c6c(cccc46)-c4ccccc4-5)cc3)c21. The maximum absolute atomic E-state index is 2.45. The molecule has 250 valence electrons. The molecule has 0 fully saturated rings. The molecule has 0 saturated heterocycles. The van der Waals surface area contributed by atoms with Crippen LogP contribution in [0.15, 0.2) is 176 Å². The molecular weight excluding hydrogens is 627 g/mol. The van der Waals surface area contributed by atoms with Crippen molar-refractivity contribution in [1.29, 1.82) is 0 Å². The molecule has 0 bridgehead atoms. The summed E-state index contributed by atoms with van der Waals surface area (Å²) in [5.41, 5.74) is 19.0. The lowest BCUT2D eigenvalue weighted by Crippen LogP contribution is -2.20. The van der Waals surface area contributed by atoms with Crippen LogP contribution in [0, 0.1) is 0 Å². The summed E-state index contributed by atoms with van der Waals surface area (Å²) in [4.78, 5) is 2.45. The smallest absolute Gasteiger partial charge is 0.0508 e. The van der Waals surface area contributed by atoms with E-state index in [1.165, 1.54) is 83.2 Å². The van der Waals surface area contributed by atoms with E-state index in [0.29, 0.717) is 0 Å². The van der Waals surface area contributed by atoms with Crippen LogP contribution in [0.2, 0.25) is 0 Å². The second kappa shape index (κ2) is 12.5. The first-order valence-electron chi connectivity index (χ1n) is 18.5. The van der Waals surface area contributed by atoms with Gasteiger partial charge in [-0.05, 0) is 108 Å². The predicted octanol–water partition coefficient (Wildman–Crippen LogP) is 14.6. The number of rotatable bonds is 5. The molecule has 10 rings (SSSR count). The van der Waals surface area contributed by atoms with E-state index in [-0.39, 0.29) is 5.41 Å². The Labute approximate surface area is 307 Å². The number of hydrogen-bond donors (Lipinski definition) is 0. The standard InChI is InChI=1S/C49H35N.C2H6/c1-49(2)45-20-9-8-16-40(45)44-19-11-21-46(48(44)49)50(35-26-22-33(23-27-35)32-12-4-3-5-13-32)36-28-24-34(25-29-36)37-30-31-43-39-15-7-6-14-38(39)42-18-10-17-41(37)47(42)43;1-2/h3-31H,1-2H3;1-2H3. The molecule has 0 amide bonds. The van der Waals surface area contributed by atoms with Crippen LogP contribution >= 0.6 is 0 Å². The second-order valence-electron chi connectivity index (χ2n) is 14.1. The highest BCUT2D eigenvalue weighted by Crippen LogP contribution is 2.54. The Kier molecular flexibility index (Phi) is 7.67. The molecule has 8 aromatic rings. The minimum Gasteiger partial charge on any atom is -0.310 e. The van der Waals surface area contributed by atoms with E-state index < -0.39 is 0 Å². The molecule has 52 heavy (non-hydrogen) atoms. The first kappa shape index (κ1) is 31.8. The fourth-order valence-electron chi connectivity index (χ4n) is 8.72. The number of nitrogens with zero attached hydrogens (tertiary/aromatic N) is 1. The van der Waals surface area contributed by atoms with Crippen molar-refractivity contribution in [1.82, 2.24) is 0 Å². The maximum Gasteiger partial charge on any atom is 0.0508 e. The quantitative estimate of drug-likeness (QED) is 0.177. The van der Waals surface area contributed by atoms with Gasteiger partial charge in [0, 0.05) is 16.8 Å². The maximum atomic E-state index is 2.45. The fraction of sp³-hybridized carbons (Fsp3) is 0.0980. The third-order valence-electron chi connectivity index (χ3n) is 11.0. The minimum atomic E-state index is -0.146. The number of anilines is 3. The monoisotopic (exact) mass is 667 g/mol. The van der Waals surface area contributed by atoms with Gasteiger partial charge in [0.15, 0.2) is 0 Å². The summed E-state index contributed by atoms with van der Waals surface area (Å²) in [6.45, 7) is 8.74. The summed E-state index contributed by atoms with van der Waals surface area (Å²) in [7, 11) is 0. The van der Waals surface area contributed by atoms with Gasteiger partial charge in [0.25, 0.3) is 0 Å². The Morgan fingerprint density at radius 1 is 0.365 bits per heavy atom. The summed E-state index contributed by atoms with van der Waals surface area (Å²) >= 11 is 0. The third-order valence-corrected chi connectivity index (χ3v) is 11.0. The zero-order valence-corrected chi connectivity index (χ0v) is 30.2. The van der Waals surface area contributed by atoms with E-state index in [4.69, 9.17) is 0 Å². The van der Waals surface area contributed by atoms with Gasteiger partial charge in [-0.25, -0.2) is 0 Å². The van der Waals surface area contributed by atoms with Crippen molar-refractivity contribution in [2.45, 2.75) is 33.1 Å². The van der Waals surface area contributed by atoms with Crippen LogP contribution in [0.3, 0.4) is 0 Å². The van der Waals surface area contributed by atoms with Gasteiger partial charge in [-0.15, -0.1) is 0 Å². The molecule has 0 radical (unpaired) electrons. The summed E-state index contributed by atoms with van der Waals surface area (Å²) in [5, 5.41) is 2.66. The van der Waals surface area contributed by atoms with Crippen molar-refractivity contribution in [3.63, 3.8) is 0 Å². The molecule has 8 aromatic carbocycles. The van der Waals surface area contributed by atoms with Crippen molar-refractivity contribution in [3.8, 4) is 55.6 Å². The lowest BCUT2D eigenvalue weighted by molar-refractivity contribution is 0.661. The van der Waals surface area contributed by atoms with Gasteiger partial charge in [0.05, 0.1) is 5.69 Å². The predicted molar refractivity (Wildman–Crippen MR) is 223 cm³/mol. The zero-order valence-electron chi connectivity index (χ0n) is 30.2. The topological polar surface area (TPSA) is 3.24 Å². The average Bonchev–Trinajstić information content (AvgIpc) is 3.66. The highest BCUT2D eigenvalue weighted by Gasteiger charge is 2.38. The Morgan fingerprint density at radius 3 is 1.56 bits per heavy atom. The molecule has 0 unspecified atom stereocenters. The Morgan fingerprint density at radius 2 is 0.865 bits per heavy atom. The van der Waals surface area contributed by atoms with Gasteiger partial charge in [-0.1, -0.05) is 173 Å². The second-order valence-corrected chi connectivity index (χ2v) is 14.1. The Bertz CT molecular complexity index is 2560. The molecular formula is C51H41N. The lowest BCUT2D eigenvalue weighted by Gasteiger charge is -2.32. The van der Waals surface area contributed by atoms with Crippen molar-refractivity contribution in [2.24, 2.45) is 0 Å². The van der Waals surface area contributed by atoms with Gasteiger partial charge in [-0.2, -0.15) is 0 Å². The number of fused-ring (bicyclic) bond motifs is 6. The van der Waals surface area contributed by atoms with E-state index in [1.807, 2.05) is 13.8 Å². The molecule has 1 nitrogen and oxygen atoms in total. The van der Waals surface area contributed by atoms with Crippen molar-refractivity contribution in [2.75, 3.05) is 4.90 Å². The lowest BCUT2D eigenvalue weighted by atomic mass is 9.81. The first-order valence-corrected chi connectivity index (χ1v) is 18.5. The van der Waals surface area contributed by atoms with E-state index >= 15 is 0 Å². The molecule has 0 N–H and O–H groups in total. The van der Waals surface area contributed by atoms with Crippen molar-refractivity contribution in [3.05, 3.63) is 187 Å². The van der Waals surface area contributed by atoms with Crippen molar-refractivity contribution >= 4 is 27.8 Å². The normalized spacial score (nSPS) is 12.8. The van der Waals surface area contributed by atoms with Crippen molar-refractivity contribution < 1.29 is 0 Å². The number of hydrogen-bond acceptors (Lipinski definition) is 1. The molecule has 0 saturated carbocycles. The van der Waals surface area contributed by atoms with Gasteiger partial charge >= 0.3 is 0 Å². The largest absolute Gasteiger partial charge is 0.310 e. The fourth-order valence-corrected chi connectivity index (χ4v) is 8.72. The van der Waals surface area contributed by atoms with E-state index in [9.17, 15) is 0 Å². The Hall–Kier alpha value is -6.18. The minimum absolute atomic E-state index is 0.146. The van der Waals surface area contributed by atoms with Crippen LogP contribution in [-0.2, 0) is 5.41 Å². The van der Waals surface area contributed by atoms with Crippen LogP contribution < -0.4 is 4.90 Å². The summed E-state index contributed by atoms with van der Waals surface area (Å²) in [6.07, 6.45) is 0. The molecule has 0 aromatic heterocycles. The molecule has 0 aliphatic heterocycles. The third kappa shape index (κ3) is 4.84. The highest BCUT2D eigenvalue weighted by atomic mass is 15.1. The van der Waals surface area contributed by atoms with Crippen LogP contribution in [0.4, 0.5) is 17.1 Å². The van der Waals surface area contributed by atoms with E-state index in [2.05, 4.69) is 195 Å². The average molecular weight is 668 g/mol. The molecule has 0 spiro atoms. The zero-order chi connectivity index (χ0) is 35.4. The summed E-state index contributed by atoms with van der Waals surface area (Å²) in [6, 6.07) is 64.7. The van der Waals surface area contributed by atoms with Gasteiger partial charge in [0.2, 0.25) is 0 Å². The van der Waals surface area contributed by atoms with Crippen LogP contribution in [0.1, 0.15) is 38.8 Å². The van der Waals surface area contributed by atoms with Gasteiger partial charge in [-0.3, -0.25) is 0 Å². The van der Waals surface area contributed by atoms with Crippen LogP contribution in [0.5, 0.6) is 0 Å². The van der Waals surface area contributed by atoms with E-state index in [0.717, 1.165) is 11.4 Å². The van der Waals surface area contributed by atoms with Gasteiger partial charge in [0.1, 0.15) is 0 Å². The molecule has 1 heteroatoms. The Balaban J connectivity index is 0.00000177. The molecule has 2 aliphatic rings. The molecule has 0 atom stereocenters. The first-order chi connectivity index (χ1) is 25.6. The van der Waals surface area contributed by atoms with Crippen LogP contribution in [0.25, 0.3) is 66.4 Å². The van der Waals surface area contributed by atoms with E-state index in [1.54, 1.807) is 0 Å². The number of benzene rings is 8. The van der Waals surface area contributed by atoms with Crippen LogP contribution in [-0.4, -0.2) is 0 Å². The van der Waals surface area contributed by atoms with Gasteiger partial charge < -0.3 is 4.90 Å². The molecule has 2 aliphatic carbocycles. The summed E-state index contributed by atoms with van der Waals surface area (Å²) in [5.74, 6) is 0.